The van der Waals surface area contributed by atoms with Crippen LogP contribution in [-0.2, 0) is 4.79 Å². The Hall–Kier alpha value is -1.07. The molecule has 0 aliphatic rings. The number of carbonyl (C=O) groups is 2. The lowest BCUT2D eigenvalue weighted by Crippen LogP contribution is -2.35. The van der Waals surface area contributed by atoms with Gasteiger partial charge in [0.25, 0.3) is 5.91 Å². The Morgan fingerprint density at radius 3 is 2.69 bits per heavy atom. The molecule has 4 nitrogen and oxygen atoms in total. The largest absolute Gasteiger partial charge is 0.358 e. The second-order valence-corrected chi connectivity index (χ2v) is 4.27. The minimum absolute atomic E-state index is 0.0512. The molecule has 0 aromatic heterocycles. The highest BCUT2D eigenvalue weighted by Crippen LogP contribution is 2.21. The van der Waals surface area contributed by atoms with Gasteiger partial charge in [0.2, 0.25) is 5.91 Å². The SMILES string of the molecule is CNC(=O)CNC(=O)c1ccc(Cl)cc1Br. The third-order valence-electron chi connectivity index (χ3n) is 1.86. The molecule has 0 saturated carbocycles. The standard InChI is InChI=1S/C10H10BrClN2O2/c1-13-9(15)5-14-10(16)7-3-2-6(12)4-8(7)11/h2-4H,5H2,1H3,(H,13,15)(H,14,16). The Morgan fingerprint density at radius 2 is 2.12 bits per heavy atom. The van der Waals surface area contributed by atoms with Crippen LogP contribution in [-0.4, -0.2) is 25.4 Å². The molecule has 1 rings (SSSR count). The molecule has 0 atom stereocenters. The maximum atomic E-state index is 11.6. The molecule has 0 unspecified atom stereocenters. The summed E-state index contributed by atoms with van der Waals surface area (Å²) in [6.07, 6.45) is 0. The maximum absolute atomic E-state index is 11.6. The first-order valence-electron chi connectivity index (χ1n) is 4.48. The molecule has 86 valence electrons. The van der Waals surface area contributed by atoms with Crippen molar-refractivity contribution in [2.45, 2.75) is 0 Å². The number of benzene rings is 1. The van der Waals surface area contributed by atoms with Gasteiger partial charge in [-0.1, -0.05) is 11.6 Å². The van der Waals surface area contributed by atoms with Gasteiger partial charge >= 0.3 is 0 Å². The smallest absolute Gasteiger partial charge is 0.252 e. The molecule has 1 aromatic rings. The van der Waals surface area contributed by atoms with Crippen LogP contribution in [0.3, 0.4) is 0 Å². The zero-order valence-corrected chi connectivity index (χ0v) is 10.9. The molecule has 2 N–H and O–H groups in total. The van der Waals surface area contributed by atoms with E-state index in [4.69, 9.17) is 11.6 Å². The summed E-state index contributed by atoms with van der Waals surface area (Å²) in [4.78, 5) is 22.6. The molecule has 0 aliphatic carbocycles. The van der Waals surface area contributed by atoms with E-state index in [1.807, 2.05) is 0 Å². The van der Waals surface area contributed by atoms with Crippen molar-refractivity contribution in [2.75, 3.05) is 13.6 Å². The second kappa shape index (κ2) is 5.86. The van der Waals surface area contributed by atoms with Gasteiger partial charge in [0, 0.05) is 16.5 Å². The summed E-state index contributed by atoms with van der Waals surface area (Å²) >= 11 is 8.97. The van der Waals surface area contributed by atoms with Gasteiger partial charge in [0.05, 0.1) is 12.1 Å². The van der Waals surface area contributed by atoms with Gasteiger partial charge in [-0.3, -0.25) is 9.59 Å². The van der Waals surface area contributed by atoms with Crippen molar-refractivity contribution in [3.05, 3.63) is 33.3 Å². The predicted molar refractivity (Wildman–Crippen MR) is 65.6 cm³/mol. The van der Waals surface area contributed by atoms with Crippen LogP contribution in [0.5, 0.6) is 0 Å². The highest BCUT2D eigenvalue weighted by Gasteiger charge is 2.10. The van der Waals surface area contributed by atoms with Crippen LogP contribution >= 0.6 is 27.5 Å². The first-order valence-corrected chi connectivity index (χ1v) is 5.65. The molecule has 0 aliphatic heterocycles. The zero-order chi connectivity index (χ0) is 12.1. The van der Waals surface area contributed by atoms with Crippen LogP contribution in [0.1, 0.15) is 10.4 Å². The fraction of sp³-hybridized carbons (Fsp3) is 0.200. The summed E-state index contributed by atoms with van der Waals surface area (Å²) in [6, 6.07) is 4.82. The Kier molecular flexibility index (Phi) is 4.76. The van der Waals surface area contributed by atoms with Crippen LogP contribution in [0.25, 0.3) is 0 Å². The normalized spacial score (nSPS) is 9.69. The van der Waals surface area contributed by atoms with Crippen LogP contribution in [0.15, 0.2) is 22.7 Å². The molecule has 0 fully saturated rings. The number of nitrogens with one attached hydrogen (secondary N) is 2. The highest BCUT2D eigenvalue weighted by molar-refractivity contribution is 9.10. The molecular weight excluding hydrogens is 295 g/mol. The monoisotopic (exact) mass is 304 g/mol. The summed E-state index contributed by atoms with van der Waals surface area (Å²) < 4.78 is 0.592. The topological polar surface area (TPSA) is 58.2 Å². The third-order valence-corrected chi connectivity index (χ3v) is 2.76. The third kappa shape index (κ3) is 3.50. The van der Waals surface area contributed by atoms with E-state index in [9.17, 15) is 9.59 Å². The average Bonchev–Trinajstić information content (AvgIpc) is 2.25. The van der Waals surface area contributed by atoms with E-state index in [-0.39, 0.29) is 18.4 Å². The van der Waals surface area contributed by atoms with E-state index in [1.165, 1.54) is 7.05 Å². The van der Waals surface area contributed by atoms with Gasteiger partial charge in [-0.2, -0.15) is 0 Å². The predicted octanol–water partition coefficient (Wildman–Crippen LogP) is 1.58. The van der Waals surface area contributed by atoms with Crippen molar-refractivity contribution >= 4 is 39.3 Å². The summed E-state index contributed by atoms with van der Waals surface area (Å²) in [5.41, 5.74) is 0.438. The van der Waals surface area contributed by atoms with Crippen molar-refractivity contribution in [1.29, 1.82) is 0 Å². The van der Waals surface area contributed by atoms with Gasteiger partial charge in [0.15, 0.2) is 0 Å². The molecule has 0 saturated heterocycles. The molecule has 2 amide bonds. The summed E-state index contributed by atoms with van der Waals surface area (Å²) in [5.74, 6) is -0.578. The van der Waals surface area contributed by atoms with Crippen LogP contribution < -0.4 is 10.6 Å². The fourth-order valence-electron chi connectivity index (χ4n) is 1.02. The number of likely N-dealkylation sites (N-methyl/N-ethyl adjacent to an activating group) is 1. The first-order chi connectivity index (χ1) is 7.54. The molecule has 16 heavy (non-hydrogen) atoms. The van der Waals surface area contributed by atoms with Crippen molar-refractivity contribution in [3.63, 3.8) is 0 Å². The Labute approximate surface area is 106 Å². The quantitative estimate of drug-likeness (QED) is 0.891. The molecule has 1 aromatic carbocycles. The van der Waals surface area contributed by atoms with E-state index in [1.54, 1.807) is 18.2 Å². The number of rotatable bonds is 3. The van der Waals surface area contributed by atoms with E-state index < -0.39 is 0 Å². The number of hydrogen-bond donors (Lipinski definition) is 2. The van der Waals surface area contributed by atoms with E-state index in [2.05, 4.69) is 26.6 Å². The lowest BCUT2D eigenvalue weighted by molar-refractivity contribution is -0.119. The van der Waals surface area contributed by atoms with Gasteiger partial charge in [-0.15, -0.1) is 0 Å². The molecule has 0 radical (unpaired) electrons. The van der Waals surface area contributed by atoms with E-state index in [0.29, 0.717) is 15.1 Å². The first kappa shape index (κ1) is 13.0. The highest BCUT2D eigenvalue weighted by atomic mass is 79.9. The van der Waals surface area contributed by atoms with Crippen molar-refractivity contribution in [2.24, 2.45) is 0 Å². The average molecular weight is 306 g/mol. The molecule has 6 heteroatoms. The van der Waals surface area contributed by atoms with E-state index >= 15 is 0 Å². The summed E-state index contributed by atoms with van der Waals surface area (Å²) in [6.45, 7) is -0.0512. The van der Waals surface area contributed by atoms with Crippen molar-refractivity contribution in [1.82, 2.24) is 10.6 Å². The van der Waals surface area contributed by atoms with Crippen LogP contribution in [0, 0.1) is 0 Å². The lowest BCUT2D eigenvalue weighted by Gasteiger charge is -2.06. The van der Waals surface area contributed by atoms with Gasteiger partial charge in [0.1, 0.15) is 0 Å². The van der Waals surface area contributed by atoms with E-state index in [0.717, 1.165) is 0 Å². The van der Waals surface area contributed by atoms with Gasteiger partial charge in [-0.25, -0.2) is 0 Å². The number of halogens is 2. The lowest BCUT2D eigenvalue weighted by atomic mass is 10.2. The minimum atomic E-state index is -0.327. The van der Waals surface area contributed by atoms with Crippen LogP contribution in [0.2, 0.25) is 5.02 Å². The number of carbonyl (C=O) groups excluding carboxylic acids is 2. The molecule has 0 heterocycles. The summed E-state index contributed by atoms with van der Waals surface area (Å²) in [5, 5.41) is 5.43. The van der Waals surface area contributed by atoms with Gasteiger partial charge in [-0.05, 0) is 34.1 Å². The number of hydrogen-bond acceptors (Lipinski definition) is 2. The van der Waals surface area contributed by atoms with Gasteiger partial charge < -0.3 is 10.6 Å². The Morgan fingerprint density at radius 1 is 1.44 bits per heavy atom. The fourth-order valence-corrected chi connectivity index (χ4v) is 1.88. The molecular formula is C10H10BrClN2O2. The maximum Gasteiger partial charge on any atom is 0.252 e. The van der Waals surface area contributed by atoms with Crippen LogP contribution in [0.4, 0.5) is 0 Å². The van der Waals surface area contributed by atoms with Crippen molar-refractivity contribution in [3.8, 4) is 0 Å². The second-order valence-electron chi connectivity index (χ2n) is 2.98. The Balaban J connectivity index is 2.70. The minimum Gasteiger partial charge on any atom is -0.358 e. The molecule has 0 spiro atoms. The number of amides is 2. The zero-order valence-electron chi connectivity index (χ0n) is 8.51. The summed E-state index contributed by atoms with van der Waals surface area (Å²) in [7, 11) is 1.51. The molecule has 0 bridgehead atoms. The Bertz CT molecular complexity index is 423. The van der Waals surface area contributed by atoms with Crippen molar-refractivity contribution < 1.29 is 9.59 Å².